The number of carboxylic acids is 1. The summed E-state index contributed by atoms with van der Waals surface area (Å²) in [7, 11) is 0. The molecular weight excluding hydrogens is 262 g/mol. The van der Waals surface area contributed by atoms with Crippen LogP contribution in [0.25, 0.3) is 0 Å². The molecule has 0 fully saturated rings. The molecule has 3 N–H and O–H groups in total. The molecule has 8 heteroatoms. The molecule has 0 spiro atoms. The lowest BCUT2D eigenvalue weighted by atomic mass is 10.3. The van der Waals surface area contributed by atoms with E-state index in [1.165, 1.54) is 31.2 Å². The molecule has 1 rings (SSSR count). The molecule has 2 amide bonds. The first kappa shape index (κ1) is 14.7. The van der Waals surface area contributed by atoms with E-state index >= 15 is 0 Å². The fourth-order valence-electron chi connectivity index (χ4n) is 1.19. The molecule has 1 aromatic rings. The number of alkyl halides is 2. The summed E-state index contributed by atoms with van der Waals surface area (Å²) in [5.41, 5.74) is 0.0119. The van der Waals surface area contributed by atoms with Gasteiger partial charge in [0.15, 0.2) is 0 Å². The number of carboxylic acid groups (broad SMARTS) is 1. The Morgan fingerprint density at radius 1 is 1.32 bits per heavy atom. The number of halogens is 2. The van der Waals surface area contributed by atoms with Gasteiger partial charge < -0.3 is 20.5 Å². The number of benzene rings is 1. The maximum Gasteiger partial charge on any atom is 0.387 e. The minimum Gasteiger partial charge on any atom is -0.480 e. The van der Waals surface area contributed by atoms with Crippen molar-refractivity contribution in [1.29, 1.82) is 0 Å². The Kier molecular flexibility index (Phi) is 5.04. The van der Waals surface area contributed by atoms with E-state index in [0.29, 0.717) is 0 Å². The maximum absolute atomic E-state index is 12.1. The Morgan fingerprint density at radius 2 is 1.95 bits per heavy atom. The number of anilines is 1. The van der Waals surface area contributed by atoms with Crippen molar-refractivity contribution in [3.8, 4) is 5.75 Å². The smallest absolute Gasteiger partial charge is 0.387 e. The van der Waals surface area contributed by atoms with E-state index in [1.807, 2.05) is 0 Å². The summed E-state index contributed by atoms with van der Waals surface area (Å²) in [5, 5.41) is 12.9. The second kappa shape index (κ2) is 6.53. The van der Waals surface area contributed by atoms with Crippen molar-refractivity contribution >= 4 is 17.7 Å². The standard InChI is InChI=1S/C11H12F2N2O4/c1-6(9(16)17)14-11(18)15-7-4-2-3-5-8(7)19-10(12)13/h2-6,10H,1H3,(H,16,17)(H2,14,15,18). The topological polar surface area (TPSA) is 87.7 Å². The van der Waals surface area contributed by atoms with Crippen molar-refractivity contribution < 1.29 is 28.2 Å². The number of ether oxygens (including phenoxy) is 1. The first-order valence-corrected chi connectivity index (χ1v) is 5.24. The number of hydrogen-bond acceptors (Lipinski definition) is 3. The van der Waals surface area contributed by atoms with Gasteiger partial charge in [-0.3, -0.25) is 4.79 Å². The van der Waals surface area contributed by atoms with Crippen LogP contribution in [0.2, 0.25) is 0 Å². The molecule has 1 atom stereocenters. The Balaban J connectivity index is 2.71. The predicted molar refractivity (Wildman–Crippen MR) is 62.3 cm³/mol. The van der Waals surface area contributed by atoms with Crippen molar-refractivity contribution in [3.05, 3.63) is 24.3 Å². The lowest BCUT2D eigenvalue weighted by Gasteiger charge is -2.13. The minimum atomic E-state index is -3.02. The van der Waals surface area contributed by atoms with E-state index in [-0.39, 0.29) is 11.4 Å². The summed E-state index contributed by atoms with van der Waals surface area (Å²) in [4.78, 5) is 22.0. The van der Waals surface area contributed by atoms with Gasteiger partial charge in [0.25, 0.3) is 0 Å². The molecule has 104 valence electrons. The van der Waals surface area contributed by atoms with Crippen molar-refractivity contribution in [2.24, 2.45) is 0 Å². The number of rotatable bonds is 5. The highest BCUT2D eigenvalue weighted by molar-refractivity contribution is 5.93. The second-order valence-electron chi connectivity index (χ2n) is 3.53. The van der Waals surface area contributed by atoms with Crippen LogP contribution in [0.3, 0.4) is 0 Å². The minimum absolute atomic E-state index is 0.0119. The number of urea groups is 1. The molecule has 0 saturated carbocycles. The van der Waals surface area contributed by atoms with Gasteiger partial charge in [-0.25, -0.2) is 4.79 Å². The van der Waals surface area contributed by atoms with Crippen LogP contribution >= 0.6 is 0 Å². The highest BCUT2D eigenvalue weighted by atomic mass is 19.3. The van der Waals surface area contributed by atoms with E-state index in [0.717, 1.165) is 0 Å². The molecular formula is C11H12F2N2O4. The second-order valence-corrected chi connectivity index (χ2v) is 3.53. The van der Waals surface area contributed by atoms with Crippen LogP contribution in [0.4, 0.5) is 19.3 Å². The molecule has 0 heterocycles. The van der Waals surface area contributed by atoms with E-state index in [9.17, 15) is 18.4 Å². The summed E-state index contributed by atoms with van der Waals surface area (Å²) in [6.07, 6.45) is 0. The molecule has 0 aliphatic carbocycles. The first-order valence-electron chi connectivity index (χ1n) is 5.24. The third-order valence-electron chi connectivity index (χ3n) is 2.07. The van der Waals surface area contributed by atoms with Gasteiger partial charge in [0.2, 0.25) is 0 Å². The number of amides is 2. The van der Waals surface area contributed by atoms with Crippen LogP contribution in [0.5, 0.6) is 5.75 Å². The molecule has 0 saturated heterocycles. The average Bonchev–Trinajstić information content (AvgIpc) is 2.30. The fraction of sp³-hybridized carbons (Fsp3) is 0.273. The highest BCUT2D eigenvalue weighted by Crippen LogP contribution is 2.25. The SMILES string of the molecule is CC(NC(=O)Nc1ccccc1OC(F)F)C(=O)O. The van der Waals surface area contributed by atoms with Gasteiger partial charge >= 0.3 is 18.6 Å². The van der Waals surface area contributed by atoms with Crippen molar-refractivity contribution in [2.75, 3.05) is 5.32 Å². The van der Waals surface area contributed by atoms with Gasteiger partial charge in [0, 0.05) is 0 Å². The van der Waals surface area contributed by atoms with E-state index in [1.54, 1.807) is 0 Å². The van der Waals surface area contributed by atoms with Gasteiger partial charge in [-0.2, -0.15) is 8.78 Å². The fourth-order valence-corrected chi connectivity index (χ4v) is 1.19. The predicted octanol–water partition coefficient (Wildman–Crippen LogP) is 1.88. The summed E-state index contributed by atoms with van der Waals surface area (Å²) in [6, 6.07) is 3.63. The molecule has 0 aliphatic rings. The van der Waals surface area contributed by atoms with Crippen LogP contribution in [0.1, 0.15) is 6.92 Å². The Morgan fingerprint density at radius 3 is 2.53 bits per heavy atom. The van der Waals surface area contributed by atoms with Gasteiger partial charge in [-0.05, 0) is 19.1 Å². The van der Waals surface area contributed by atoms with Crippen molar-refractivity contribution in [3.63, 3.8) is 0 Å². The molecule has 0 radical (unpaired) electrons. The van der Waals surface area contributed by atoms with Gasteiger partial charge in [-0.1, -0.05) is 12.1 Å². The average molecular weight is 274 g/mol. The Hall–Kier alpha value is -2.38. The molecule has 6 nitrogen and oxygen atoms in total. The molecule has 0 bridgehead atoms. The zero-order chi connectivity index (χ0) is 14.4. The van der Waals surface area contributed by atoms with E-state index in [2.05, 4.69) is 15.4 Å². The zero-order valence-electron chi connectivity index (χ0n) is 9.89. The zero-order valence-corrected chi connectivity index (χ0v) is 9.89. The van der Waals surface area contributed by atoms with Crippen LogP contribution in [0, 0.1) is 0 Å². The number of nitrogens with one attached hydrogen (secondary N) is 2. The normalized spacial score (nSPS) is 11.8. The number of carbonyl (C=O) groups excluding carboxylic acids is 1. The van der Waals surface area contributed by atoms with E-state index in [4.69, 9.17) is 5.11 Å². The molecule has 1 unspecified atom stereocenters. The van der Waals surface area contributed by atoms with Crippen molar-refractivity contribution in [1.82, 2.24) is 5.32 Å². The molecule has 0 aromatic heterocycles. The van der Waals surface area contributed by atoms with Gasteiger partial charge in [-0.15, -0.1) is 0 Å². The monoisotopic (exact) mass is 274 g/mol. The Bertz CT molecular complexity index is 468. The maximum atomic E-state index is 12.1. The first-order chi connectivity index (χ1) is 8.90. The summed E-state index contributed by atoms with van der Waals surface area (Å²) in [5.74, 6) is -1.43. The number of para-hydroxylation sites is 2. The molecule has 1 aromatic carbocycles. The van der Waals surface area contributed by atoms with Gasteiger partial charge in [0.05, 0.1) is 5.69 Å². The highest BCUT2D eigenvalue weighted by Gasteiger charge is 2.16. The Labute approximate surface area is 107 Å². The van der Waals surface area contributed by atoms with E-state index < -0.39 is 24.7 Å². The summed E-state index contributed by atoms with van der Waals surface area (Å²) < 4.78 is 28.5. The van der Waals surface area contributed by atoms with Crippen LogP contribution < -0.4 is 15.4 Å². The summed E-state index contributed by atoms with van der Waals surface area (Å²) >= 11 is 0. The lowest BCUT2D eigenvalue weighted by Crippen LogP contribution is -2.40. The largest absolute Gasteiger partial charge is 0.480 e. The quantitative estimate of drug-likeness (QED) is 0.765. The third-order valence-corrected chi connectivity index (χ3v) is 2.07. The number of carbonyl (C=O) groups is 2. The molecule has 19 heavy (non-hydrogen) atoms. The van der Waals surface area contributed by atoms with Crippen LogP contribution in [-0.4, -0.2) is 29.8 Å². The van der Waals surface area contributed by atoms with Crippen molar-refractivity contribution in [2.45, 2.75) is 19.6 Å². The number of hydrogen-bond donors (Lipinski definition) is 3. The third kappa shape index (κ3) is 4.78. The summed E-state index contributed by atoms with van der Waals surface area (Å²) in [6.45, 7) is -1.76. The molecule has 0 aliphatic heterocycles. The van der Waals surface area contributed by atoms with Gasteiger partial charge in [0.1, 0.15) is 11.8 Å². The number of aliphatic carboxylic acids is 1. The van der Waals surface area contributed by atoms with Crippen LogP contribution in [-0.2, 0) is 4.79 Å². The van der Waals surface area contributed by atoms with Crippen LogP contribution in [0.15, 0.2) is 24.3 Å². The lowest BCUT2D eigenvalue weighted by molar-refractivity contribution is -0.138.